The van der Waals surface area contributed by atoms with Crippen molar-refractivity contribution in [3.63, 3.8) is 0 Å². The van der Waals surface area contributed by atoms with Gasteiger partial charge in [-0.15, -0.1) is 0 Å². The van der Waals surface area contributed by atoms with E-state index in [0.29, 0.717) is 5.92 Å². The fraction of sp³-hybridized carbons (Fsp3) is 0.583. The number of ether oxygens (including phenoxy) is 1. The number of pyridine rings is 1. The van der Waals surface area contributed by atoms with Crippen LogP contribution in [0.4, 0.5) is 0 Å². The number of nitrogens with zero attached hydrogens (tertiary/aromatic N) is 1. The van der Waals surface area contributed by atoms with Gasteiger partial charge in [0.25, 0.3) is 0 Å². The maximum absolute atomic E-state index is 6.16. The van der Waals surface area contributed by atoms with Gasteiger partial charge >= 0.3 is 0 Å². The van der Waals surface area contributed by atoms with Gasteiger partial charge in [-0.1, -0.05) is 0 Å². The molecule has 0 spiro atoms. The minimum absolute atomic E-state index is 0.102. The third kappa shape index (κ3) is 2.76. The van der Waals surface area contributed by atoms with Crippen LogP contribution in [-0.4, -0.2) is 24.2 Å². The summed E-state index contributed by atoms with van der Waals surface area (Å²) in [6.45, 7) is 0. The fourth-order valence-corrected chi connectivity index (χ4v) is 2.05. The summed E-state index contributed by atoms with van der Waals surface area (Å²) in [4.78, 5) is 3.99. The second-order valence-corrected chi connectivity index (χ2v) is 4.26. The summed E-state index contributed by atoms with van der Waals surface area (Å²) in [6, 6.07) is 4.13. The van der Waals surface area contributed by atoms with E-state index in [1.54, 1.807) is 19.5 Å². The monoisotopic (exact) mass is 206 g/mol. The van der Waals surface area contributed by atoms with Crippen LogP contribution in [0.25, 0.3) is 0 Å². The number of hydrogen-bond acceptors (Lipinski definition) is 3. The Hall–Kier alpha value is -0.930. The second-order valence-electron chi connectivity index (χ2n) is 4.26. The Bertz CT molecular complexity index is 298. The van der Waals surface area contributed by atoms with Crippen LogP contribution in [0.15, 0.2) is 24.5 Å². The highest BCUT2D eigenvalue weighted by Crippen LogP contribution is 2.35. The molecule has 0 bridgehead atoms. The average molecular weight is 206 g/mol. The van der Waals surface area contributed by atoms with Gasteiger partial charge in [0, 0.05) is 25.5 Å². The summed E-state index contributed by atoms with van der Waals surface area (Å²) < 4.78 is 5.47. The van der Waals surface area contributed by atoms with E-state index in [-0.39, 0.29) is 12.1 Å². The molecule has 3 heteroatoms. The third-order valence-corrected chi connectivity index (χ3v) is 3.00. The Kier molecular flexibility index (Phi) is 3.34. The van der Waals surface area contributed by atoms with E-state index in [4.69, 9.17) is 10.5 Å². The Morgan fingerprint density at radius 3 is 2.67 bits per heavy atom. The molecule has 0 amide bonds. The fourth-order valence-electron chi connectivity index (χ4n) is 2.05. The van der Waals surface area contributed by atoms with Gasteiger partial charge in [-0.05, 0) is 42.9 Å². The minimum Gasteiger partial charge on any atom is -0.380 e. The predicted octanol–water partition coefficient (Wildman–Crippen LogP) is 1.38. The van der Waals surface area contributed by atoms with Crippen molar-refractivity contribution in [3.8, 4) is 0 Å². The summed E-state index contributed by atoms with van der Waals surface area (Å²) in [5.41, 5.74) is 7.39. The van der Waals surface area contributed by atoms with Crippen LogP contribution in [0.5, 0.6) is 0 Å². The van der Waals surface area contributed by atoms with Crippen molar-refractivity contribution in [1.82, 2.24) is 4.98 Å². The van der Waals surface area contributed by atoms with E-state index < -0.39 is 0 Å². The summed E-state index contributed by atoms with van der Waals surface area (Å²) in [7, 11) is 1.76. The molecule has 1 aliphatic rings. The van der Waals surface area contributed by atoms with Crippen LogP contribution in [-0.2, 0) is 11.2 Å². The summed E-state index contributed by atoms with van der Waals surface area (Å²) in [5.74, 6) is 0.687. The number of rotatable bonds is 5. The first kappa shape index (κ1) is 10.6. The first-order valence-electron chi connectivity index (χ1n) is 5.48. The second kappa shape index (κ2) is 4.73. The molecule has 2 unspecified atom stereocenters. The van der Waals surface area contributed by atoms with Crippen molar-refractivity contribution in [1.29, 1.82) is 0 Å². The van der Waals surface area contributed by atoms with Gasteiger partial charge < -0.3 is 10.5 Å². The van der Waals surface area contributed by atoms with Gasteiger partial charge in [0.15, 0.2) is 0 Å². The Balaban J connectivity index is 1.93. The molecule has 1 heterocycles. The molecule has 1 aromatic heterocycles. The molecule has 0 saturated heterocycles. The number of aromatic nitrogens is 1. The summed E-state index contributed by atoms with van der Waals surface area (Å²) in [5, 5.41) is 0. The lowest BCUT2D eigenvalue weighted by atomic mass is 10.00. The molecule has 2 rings (SSSR count). The molecule has 1 aromatic rings. The lowest BCUT2D eigenvalue weighted by Gasteiger charge is -2.22. The Morgan fingerprint density at radius 1 is 1.47 bits per heavy atom. The molecule has 2 N–H and O–H groups in total. The normalized spacial score (nSPS) is 19.9. The first-order chi connectivity index (χ1) is 7.31. The van der Waals surface area contributed by atoms with Crippen LogP contribution in [0.2, 0.25) is 0 Å². The zero-order valence-corrected chi connectivity index (χ0v) is 9.10. The van der Waals surface area contributed by atoms with E-state index in [0.717, 1.165) is 6.42 Å². The lowest BCUT2D eigenvalue weighted by molar-refractivity contribution is 0.0627. The van der Waals surface area contributed by atoms with Gasteiger partial charge in [0.05, 0.1) is 6.10 Å². The van der Waals surface area contributed by atoms with Crippen molar-refractivity contribution in [3.05, 3.63) is 30.1 Å². The van der Waals surface area contributed by atoms with Crippen molar-refractivity contribution >= 4 is 0 Å². The number of hydrogen-bond donors (Lipinski definition) is 1. The largest absolute Gasteiger partial charge is 0.380 e. The molecule has 1 saturated carbocycles. The molecular formula is C12H18N2O. The molecular weight excluding hydrogens is 188 g/mol. The number of nitrogens with two attached hydrogens (primary N) is 1. The van der Waals surface area contributed by atoms with E-state index in [2.05, 4.69) is 4.98 Å². The molecule has 0 aromatic carbocycles. The molecule has 1 aliphatic carbocycles. The summed E-state index contributed by atoms with van der Waals surface area (Å²) in [6.07, 6.45) is 7.24. The van der Waals surface area contributed by atoms with Crippen molar-refractivity contribution in [2.75, 3.05) is 7.11 Å². The molecule has 82 valence electrons. The molecule has 15 heavy (non-hydrogen) atoms. The van der Waals surface area contributed by atoms with Crippen LogP contribution in [0.3, 0.4) is 0 Å². The van der Waals surface area contributed by atoms with Gasteiger partial charge in [-0.3, -0.25) is 4.98 Å². The van der Waals surface area contributed by atoms with Crippen molar-refractivity contribution < 1.29 is 4.74 Å². The van der Waals surface area contributed by atoms with Gasteiger partial charge in [-0.2, -0.15) is 0 Å². The van der Waals surface area contributed by atoms with E-state index in [1.807, 2.05) is 12.1 Å². The molecule has 2 atom stereocenters. The van der Waals surface area contributed by atoms with Crippen molar-refractivity contribution in [2.45, 2.75) is 31.4 Å². The highest BCUT2D eigenvalue weighted by molar-refractivity contribution is 5.12. The summed E-state index contributed by atoms with van der Waals surface area (Å²) >= 11 is 0. The third-order valence-electron chi connectivity index (χ3n) is 3.00. The Labute approximate surface area is 90.7 Å². The first-order valence-corrected chi connectivity index (χ1v) is 5.48. The van der Waals surface area contributed by atoms with E-state index >= 15 is 0 Å². The van der Waals surface area contributed by atoms with Crippen molar-refractivity contribution in [2.24, 2.45) is 11.7 Å². The van der Waals surface area contributed by atoms with Crippen LogP contribution in [0, 0.1) is 5.92 Å². The molecule has 0 aliphatic heterocycles. The van der Waals surface area contributed by atoms with Gasteiger partial charge in [0.2, 0.25) is 0 Å². The molecule has 0 radical (unpaired) electrons. The van der Waals surface area contributed by atoms with Crippen LogP contribution >= 0.6 is 0 Å². The zero-order valence-electron chi connectivity index (χ0n) is 9.10. The van der Waals surface area contributed by atoms with Crippen LogP contribution < -0.4 is 5.73 Å². The zero-order chi connectivity index (χ0) is 10.7. The predicted molar refractivity (Wildman–Crippen MR) is 59.4 cm³/mol. The average Bonchev–Trinajstić information content (AvgIpc) is 3.04. The van der Waals surface area contributed by atoms with Gasteiger partial charge in [-0.25, -0.2) is 0 Å². The molecule has 3 nitrogen and oxygen atoms in total. The smallest absolute Gasteiger partial charge is 0.0753 e. The maximum Gasteiger partial charge on any atom is 0.0753 e. The van der Waals surface area contributed by atoms with Crippen LogP contribution in [0.1, 0.15) is 18.4 Å². The minimum atomic E-state index is 0.102. The maximum atomic E-state index is 6.16. The highest BCUT2D eigenvalue weighted by Gasteiger charge is 2.35. The Morgan fingerprint density at radius 2 is 2.13 bits per heavy atom. The molecule has 1 fully saturated rings. The topological polar surface area (TPSA) is 48.1 Å². The van der Waals surface area contributed by atoms with Gasteiger partial charge in [0.1, 0.15) is 0 Å². The standard InChI is InChI=1S/C12H18N2O/c1-15-12(10-2-3-10)11(13)8-9-4-6-14-7-5-9/h4-7,10-12H,2-3,8,13H2,1H3. The van der Waals surface area contributed by atoms with E-state index in [1.165, 1.54) is 18.4 Å². The quantitative estimate of drug-likeness (QED) is 0.791. The lowest BCUT2D eigenvalue weighted by Crippen LogP contribution is -2.39. The van der Waals surface area contributed by atoms with E-state index in [9.17, 15) is 0 Å². The SMILES string of the molecule is COC(C(N)Cc1ccncc1)C1CC1. The highest BCUT2D eigenvalue weighted by atomic mass is 16.5. The number of methoxy groups -OCH3 is 1.